The molecule has 0 unspecified atom stereocenters. The highest BCUT2D eigenvalue weighted by atomic mass is 79.9. The molecule has 0 atom stereocenters. The SMILES string of the molecule is Cc1cccc(-c2nnc(SCC(=O)Nc3nc(-c4ccc(Br)cc4)cs3)o2)c1. The highest BCUT2D eigenvalue weighted by molar-refractivity contribution is 9.10. The summed E-state index contributed by atoms with van der Waals surface area (Å²) in [6.45, 7) is 2.00. The van der Waals surface area contributed by atoms with E-state index in [0.29, 0.717) is 16.2 Å². The summed E-state index contributed by atoms with van der Waals surface area (Å²) in [6.07, 6.45) is 0. The number of thiazole rings is 1. The lowest BCUT2D eigenvalue weighted by molar-refractivity contribution is -0.113. The molecule has 29 heavy (non-hydrogen) atoms. The third-order valence-electron chi connectivity index (χ3n) is 3.89. The first-order valence-corrected chi connectivity index (χ1v) is 11.3. The zero-order chi connectivity index (χ0) is 20.2. The number of hydrogen-bond donors (Lipinski definition) is 1. The third-order valence-corrected chi connectivity index (χ3v) is 5.99. The molecule has 0 spiro atoms. The minimum Gasteiger partial charge on any atom is -0.411 e. The molecule has 9 heteroatoms. The number of carbonyl (C=O) groups excluding carboxylic acids is 1. The Morgan fingerprint density at radius 1 is 1.17 bits per heavy atom. The van der Waals surface area contributed by atoms with Crippen LogP contribution in [0.2, 0.25) is 0 Å². The molecule has 146 valence electrons. The van der Waals surface area contributed by atoms with Gasteiger partial charge in [-0.2, -0.15) is 0 Å². The maximum atomic E-state index is 12.2. The van der Waals surface area contributed by atoms with Gasteiger partial charge in [-0.1, -0.05) is 57.5 Å². The van der Waals surface area contributed by atoms with Gasteiger partial charge in [0.2, 0.25) is 11.8 Å². The molecule has 0 saturated carbocycles. The van der Waals surface area contributed by atoms with Crippen molar-refractivity contribution in [3.63, 3.8) is 0 Å². The van der Waals surface area contributed by atoms with Crippen LogP contribution in [0.25, 0.3) is 22.7 Å². The van der Waals surface area contributed by atoms with Crippen molar-refractivity contribution >= 4 is 50.1 Å². The quantitative estimate of drug-likeness (QED) is 0.354. The van der Waals surface area contributed by atoms with E-state index in [9.17, 15) is 4.79 Å². The van der Waals surface area contributed by atoms with E-state index in [1.807, 2.05) is 60.8 Å². The molecule has 0 saturated heterocycles. The van der Waals surface area contributed by atoms with Gasteiger partial charge >= 0.3 is 0 Å². The fourth-order valence-electron chi connectivity index (χ4n) is 2.53. The highest BCUT2D eigenvalue weighted by Gasteiger charge is 2.13. The van der Waals surface area contributed by atoms with Crippen molar-refractivity contribution in [2.45, 2.75) is 12.1 Å². The van der Waals surface area contributed by atoms with Crippen LogP contribution in [0.1, 0.15) is 5.56 Å². The minimum absolute atomic E-state index is 0.155. The van der Waals surface area contributed by atoms with Gasteiger partial charge in [0.15, 0.2) is 5.13 Å². The zero-order valence-electron chi connectivity index (χ0n) is 15.3. The Hall–Kier alpha value is -2.49. The Morgan fingerprint density at radius 2 is 2.00 bits per heavy atom. The summed E-state index contributed by atoms with van der Waals surface area (Å²) >= 11 is 5.99. The number of carbonyl (C=O) groups is 1. The van der Waals surface area contributed by atoms with Gasteiger partial charge in [0.05, 0.1) is 11.4 Å². The predicted molar refractivity (Wildman–Crippen MR) is 119 cm³/mol. The van der Waals surface area contributed by atoms with E-state index in [2.05, 4.69) is 36.4 Å². The van der Waals surface area contributed by atoms with Crippen molar-refractivity contribution in [2.75, 3.05) is 11.1 Å². The Labute approximate surface area is 183 Å². The lowest BCUT2D eigenvalue weighted by Gasteiger charge is -2.00. The number of anilines is 1. The molecule has 0 aliphatic heterocycles. The van der Waals surface area contributed by atoms with Gasteiger partial charge in [-0.15, -0.1) is 21.5 Å². The number of nitrogens with one attached hydrogen (secondary N) is 1. The molecule has 2 heterocycles. The van der Waals surface area contributed by atoms with Crippen molar-refractivity contribution in [3.8, 4) is 22.7 Å². The van der Waals surface area contributed by atoms with Crippen LogP contribution < -0.4 is 5.32 Å². The van der Waals surface area contributed by atoms with Crippen molar-refractivity contribution in [1.29, 1.82) is 0 Å². The second-order valence-electron chi connectivity index (χ2n) is 6.12. The van der Waals surface area contributed by atoms with Gasteiger partial charge in [0, 0.05) is 21.0 Å². The first-order valence-electron chi connectivity index (χ1n) is 8.61. The average Bonchev–Trinajstić information content (AvgIpc) is 3.37. The summed E-state index contributed by atoms with van der Waals surface area (Å²) in [5.74, 6) is 0.417. The number of benzene rings is 2. The van der Waals surface area contributed by atoms with Crippen molar-refractivity contribution in [1.82, 2.24) is 15.2 Å². The Morgan fingerprint density at radius 3 is 2.79 bits per heavy atom. The zero-order valence-corrected chi connectivity index (χ0v) is 18.5. The van der Waals surface area contributed by atoms with E-state index in [1.54, 1.807) is 0 Å². The summed E-state index contributed by atoms with van der Waals surface area (Å²) in [7, 11) is 0. The molecule has 2 aromatic carbocycles. The lowest BCUT2D eigenvalue weighted by atomic mass is 10.1. The number of aromatic nitrogens is 3. The Kier molecular flexibility index (Phi) is 6.08. The predicted octanol–water partition coefficient (Wildman–Crippen LogP) is 5.66. The molecule has 0 aliphatic rings. The fourth-order valence-corrected chi connectivity index (χ4v) is 4.09. The van der Waals surface area contributed by atoms with Crippen LogP contribution in [0.3, 0.4) is 0 Å². The number of rotatable bonds is 6. The summed E-state index contributed by atoms with van der Waals surface area (Å²) < 4.78 is 6.65. The second-order valence-corrected chi connectivity index (χ2v) is 8.82. The minimum atomic E-state index is -0.179. The first-order chi connectivity index (χ1) is 14.1. The number of nitrogens with zero attached hydrogens (tertiary/aromatic N) is 3. The van der Waals surface area contributed by atoms with Gasteiger partial charge in [-0.25, -0.2) is 4.98 Å². The van der Waals surface area contributed by atoms with Gasteiger partial charge in [-0.05, 0) is 31.2 Å². The van der Waals surface area contributed by atoms with Crippen molar-refractivity contribution in [3.05, 3.63) is 63.9 Å². The van der Waals surface area contributed by atoms with Gasteiger partial charge in [-0.3, -0.25) is 4.79 Å². The first kappa shape index (κ1) is 19.8. The van der Waals surface area contributed by atoms with E-state index in [0.717, 1.165) is 26.9 Å². The fraction of sp³-hybridized carbons (Fsp3) is 0.100. The van der Waals surface area contributed by atoms with Crippen LogP contribution in [0.4, 0.5) is 5.13 Å². The molecule has 4 aromatic rings. The second kappa shape index (κ2) is 8.89. The smallest absolute Gasteiger partial charge is 0.277 e. The molecule has 4 rings (SSSR count). The number of amides is 1. The Balaban J connectivity index is 1.33. The molecule has 6 nitrogen and oxygen atoms in total. The molecule has 0 fully saturated rings. The van der Waals surface area contributed by atoms with E-state index < -0.39 is 0 Å². The molecule has 0 bridgehead atoms. The number of aryl methyl sites for hydroxylation is 1. The maximum absolute atomic E-state index is 12.2. The van der Waals surface area contributed by atoms with Crippen LogP contribution in [0, 0.1) is 6.92 Å². The van der Waals surface area contributed by atoms with E-state index in [-0.39, 0.29) is 11.7 Å². The summed E-state index contributed by atoms with van der Waals surface area (Å²) in [5.41, 5.74) is 3.79. The van der Waals surface area contributed by atoms with Gasteiger partial charge < -0.3 is 9.73 Å². The Bertz CT molecular complexity index is 1140. The van der Waals surface area contributed by atoms with E-state index >= 15 is 0 Å². The average molecular weight is 487 g/mol. The molecular formula is C20H15BrN4O2S2. The van der Waals surface area contributed by atoms with Crippen LogP contribution in [0.15, 0.2) is 68.0 Å². The van der Waals surface area contributed by atoms with Gasteiger partial charge in [0.25, 0.3) is 5.22 Å². The molecule has 0 radical (unpaired) electrons. The molecule has 2 aromatic heterocycles. The van der Waals surface area contributed by atoms with E-state index in [4.69, 9.17) is 4.42 Å². The van der Waals surface area contributed by atoms with Crippen LogP contribution in [0.5, 0.6) is 0 Å². The maximum Gasteiger partial charge on any atom is 0.277 e. The molecule has 1 amide bonds. The summed E-state index contributed by atoms with van der Waals surface area (Å²) in [6, 6.07) is 15.7. The monoisotopic (exact) mass is 486 g/mol. The standard InChI is InChI=1S/C20H15BrN4O2S2/c1-12-3-2-4-14(9-12)18-24-25-20(27-18)29-11-17(26)23-19-22-16(10-28-19)13-5-7-15(21)8-6-13/h2-10H,11H2,1H3,(H,22,23,26). The van der Waals surface area contributed by atoms with Gasteiger partial charge in [0.1, 0.15) is 0 Å². The lowest BCUT2D eigenvalue weighted by Crippen LogP contribution is -2.13. The third kappa shape index (κ3) is 5.11. The normalized spacial score (nSPS) is 10.8. The molecular weight excluding hydrogens is 472 g/mol. The largest absolute Gasteiger partial charge is 0.411 e. The van der Waals surface area contributed by atoms with Crippen molar-refractivity contribution in [2.24, 2.45) is 0 Å². The molecule has 1 N–H and O–H groups in total. The van der Waals surface area contributed by atoms with Crippen LogP contribution >= 0.6 is 39.0 Å². The highest BCUT2D eigenvalue weighted by Crippen LogP contribution is 2.27. The molecule has 0 aliphatic carbocycles. The number of hydrogen-bond acceptors (Lipinski definition) is 7. The summed E-state index contributed by atoms with van der Waals surface area (Å²) in [4.78, 5) is 16.7. The van der Waals surface area contributed by atoms with Crippen molar-refractivity contribution < 1.29 is 9.21 Å². The topological polar surface area (TPSA) is 80.9 Å². The van der Waals surface area contributed by atoms with E-state index in [1.165, 1.54) is 23.1 Å². The number of thioether (sulfide) groups is 1. The summed E-state index contributed by atoms with van der Waals surface area (Å²) in [5, 5.41) is 13.7. The van der Waals surface area contributed by atoms with Crippen LogP contribution in [-0.4, -0.2) is 26.8 Å². The van der Waals surface area contributed by atoms with Crippen LogP contribution in [-0.2, 0) is 4.79 Å². The number of halogens is 1.